The third kappa shape index (κ3) is 2.03. The van der Waals surface area contributed by atoms with Gasteiger partial charge in [-0.05, 0) is 6.92 Å². The number of carbonyl (C=O) groups excluding carboxylic acids is 1. The normalized spacial score (nSPS) is 10.5. The van der Waals surface area contributed by atoms with Crippen LogP contribution in [0.5, 0.6) is 0 Å². The van der Waals surface area contributed by atoms with Gasteiger partial charge < -0.3 is 9.72 Å². The number of aryl methyl sites for hydroxylation is 1. The molecule has 0 spiro atoms. The molecule has 0 amide bonds. The smallest absolute Gasteiger partial charge is 0.355 e. The molecule has 0 fully saturated rings. The molecule has 15 heavy (non-hydrogen) atoms. The van der Waals surface area contributed by atoms with Crippen LogP contribution in [0.1, 0.15) is 28.0 Å². The van der Waals surface area contributed by atoms with E-state index in [0.717, 1.165) is 7.11 Å². The number of H-pyrrole nitrogens is 1. The predicted octanol–water partition coefficient (Wildman–Crippen LogP) is 1.41. The maximum absolute atomic E-state index is 12.5. The van der Waals surface area contributed by atoms with Gasteiger partial charge in [0.05, 0.1) is 12.7 Å². The SMILES string of the molecule is COC(=O)c1[nH]cc(C)c(=O)c1C(F)F. The molecule has 0 aliphatic heterocycles. The van der Waals surface area contributed by atoms with E-state index in [9.17, 15) is 18.4 Å². The van der Waals surface area contributed by atoms with Gasteiger partial charge in [-0.1, -0.05) is 0 Å². The Morgan fingerprint density at radius 3 is 2.60 bits per heavy atom. The molecule has 0 saturated carbocycles. The summed E-state index contributed by atoms with van der Waals surface area (Å²) in [4.78, 5) is 24.7. The average Bonchev–Trinajstić information content (AvgIpc) is 2.20. The van der Waals surface area contributed by atoms with Gasteiger partial charge in [0.1, 0.15) is 5.69 Å². The van der Waals surface area contributed by atoms with Crippen molar-refractivity contribution >= 4 is 5.97 Å². The number of halogens is 2. The molecule has 0 radical (unpaired) electrons. The van der Waals surface area contributed by atoms with Crippen LogP contribution in [-0.2, 0) is 4.74 Å². The Kier molecular flexibility index (Phi) is 3.18. The molecule has 82 valence electrons. The van der Waals surface area contributed by atoms with Crippen LogP contribution < -0.4 is 5.43 Å². The lowest BCUT2D eigenvalue weighted by atomic mass is 10.1. The molecular formula is C9H9F2NO3. The first kappa shape index (κ1) is 11.4. The summed E-state index contributed by atoms with van der Waals surface area (Å²) in [6, 6.07) is 0. The molecule has 0 atom stereocenters. The number of alkyl halides is 2. The minimum absolute atomic E-state index is 0.123. The molecular weight excluding hydrogens is 208 g/mol. The number of hydrogen-bond donors (Lipinski definition) is 1. The number of ether oxygens (including phenoxy) is 1. The molecule has 1 aromatic rings. The summed E-state index contributed by atoms with van der Waals surface area (Å²) in [6.45, 7) is 1.38. The molecule has 0 bridgehead atoms. The summed E-state index contributed by atoms with van der Waals surface area (Å²) < 4.78 is 29.4. The maximum atomic E-state index is 12.5. The van der Waals surface area contributed by atoms with Crippen molar-refractivity contribution in [2.75, 3.05) is 7.11 Å². The van der Waals surface area contributed by atoms with E-state index in [0.29, 0.717) is 0 Å². The zero-order valence-electron chi connectivity index (χ0n) is 8.14. The largest absolute Gasteiger partial charge is 0.464 e. The number of carbonyl (C=O) groups is 1. The van der Waals surface area contributed by atoms with Crippen molar-refractivity contribution in [1.82, 2.24) is 4.98 Å². The summed E-state index contributed by atoms with van der Waals surface area (Å²) in [6.07, 6.45) is -1.82. The zero-order chi connectivity index (χ0) is 11.6. The molecule has 1 aromatic heterocycles. The number of esters is 1. The van der Waals surface area contributed by atoms with E-state index >= 15 is 0 Å². The fourth-order valence-corrected chi connectivity index (χ4v) is 1.13. The van der Waals surface area contributed by atoms with Gasteiger partial charge in [0.15, 0.2) is 5.43 Å². The molecule has 0 aliphatic rings. The molecule has 6 heteroatoms. The summed E-state index contributed by atoms with van der Waals surface area (Å²) in [5, 5.41) is 0. The lowest BCUT2D eigenvalue weighted by Crippen LogP contribution is -2.20. The van der Waals surface area contributed by atoms with Crippen molar-refractivity contribution in [1.29, 1.82) is 0 Å². The van der Waals surface area contributed by atoms with Crippen LogP contribution >= 0.6 is 0 Å². The van der Waals surface area contributed by atoms with Gasteiger partial charge in [-0.2, -0.15) is 0 Å². The highest BCUT2D eigenvalue weighted by Gasteiger charge is 2.23. The Bertz CT molecular complexity index is 439. The van der Waals surface area contributed by atoms with Crippen molar-refractivity contribution in [2.45, 2.75) is 13.3 Å². The van der Waals surface area contributed by atoms with Crippen molar-refractivity contribution in [3.63, 3.8) is 0 Å². The van der Waals surface area contributed by atoms with Crippen molar-refractivity contribution in [3.05, 3.63) is 33.2 Å². The van der Waals surface area contributed by atoms with E-state index in [4.69, 9.17) is 0 Å². The number of hydrogen-bond acceptors (Lipinski definition) is 3. The highest BCUT2D eigenvalue weighted by atomic mass is 19.3. The van der Waals surface area contributed by atoms with E-state index in [-0.39, 0.29) is 5.56 Å². The van der Waals surface area contributed by atoms with Gasteiger partial charge in [0, 0.05) is 11.8 Å². The second kappa shape index (κ2) is 4.20. The third-order valence-electron chi connectivity index (χ3n) is 1.91. The maximum Gasteiger partial charge on any atom is 0.355 e. The molecule has 4 nitrogen and oxygen atoms in total. The number of nitrogens with one attached hydrogen (secondary N) is 1. The van der Waals surface area contributed by atoms with Crippen LogP contribution in [0.2, 0.25) is 0 Å². The standard InChI is InChI=1S/C9H9F2NO3/c1-4-3-12-6(9(14)15-2)5(7(4)13)8(10)11/h3,8H,1-2H3,(H,12,13). The van der Waals surface area contributed by atoms with Gasteiger partial charge in [0.2, 0.25) is 0 Å². The summed E-state index contributed by atoms with van der Waals surface area (Å²) in [5.41, 5.74) is -2.06. The molecule has 1 heterocycles. The van der Waals surface area contributed by atoms with E-state index < -0.39 is 29.1 Å². The first-order chi connectivity index (χ1) is 6.99. The number of aromatic nitrogens is 1. The van der Waals surface area contributed by atoms with Gasteiger partial charge in [-0.25, -0.2) is 13.6 Å². The highest BCUT2D eigenvalue weighted by molar-refractivity contribution is 5.88. The van der Waals surface area contributed by atoms with Crippen LogP contribution in [0.3, 0.4) is 0 Å². The second-order valence-electron chi connectivity index (χ2n) is 2.88. The Labute approximate surface area is 83.9 Å². The summed E-state index contributed by atoms with van der Waals surface area (Å²) in [5.74, 6) is -0.984. The molecule has 0 saturated heterocycles. The number of rotatable bonds is 2. The summed E-state index contributed by atoms with van der Waals surface area (Å²) >= 11 is 0. The average molecular weight is 217 g/mol. The zero-order valence-corrected chi connectivity index (χ0v) is 8.14. The Morgan fingerprint density at radius 2 is 2.13 bits per heavy atom. The van der Waals surface area contributed by atoms with Gasteiger partial charge in [-0.15, -0.1) is 0 Å². The number of pyridine rings is 1. The first-order valence-corrected chi connectivity index (χ1v) is 4.07. The van der Waals surface area contributed by atoms with Crippen LogP contribution in [0, 0.1) is 6.92 Å². The van der Waals surface area contributed by atoms with Gasteiger partial charge in [-0.3, -0.25) is 4.79 Å². The number of methoxy groups -OCH3 is 1. The number of aromatic amines is 1. The highest BCUT2D eigenvalue weighted by Crippen LogP contribution is 2.18. The fourth-order valence-electron chi connectivity index (χ4n) is 1.13. The Hall–Kier alpha value is -1.72. The minimum atomic E-state index is -3.01. The van der Waals surface area contributed by atoms with E-state index in [1.54, 1.807) is 0 Å². The van der Waals surface area contributed by atoms with E-state index in [1.165, 1.54) is 13.1 Å². The Balaban J connectivity index is 3.47. The van der Waals surface area contributed by atoms with E-state index in [2.05, 4.69) is 9.72 Å². The molecule has 0 aromatic carbocycles. The first-order valence-electron chi connectivity index (χ1n) is 4.07. The molecule has 0 unspecified atom stereocenters. The predicted molar refractivity (Wildman–Crippen MR) is 48.1 cm³/mol. The van der Waals surface area contributed by atoms with Gasteiger partial charge in [0.25, 0.3) is 6.43 Å². The van der Waals surface area contributed by atoms with Gasteiger partial charge >= 0.3 is 5.97 Å². The van der Waals surface area contributed by atoms with E-state index in [1.807, 2.05) is 0 Å². The lowest BCUT2D eigenvalue weighted by molar-refractivity contribution is 0.0581. The third-order valence-corrected chi connectivity index (χ3v) is 1.91. The lowest BCUT2D eigenvalue weighted by Gasteiger charge is -2.06. The van der Waals surface area contributed by atoms with Crippen molar-refractivity contribution < 1.29 is 18.3 Å². The van der Waals surface area contributed by atoms with Crippen molar-refractivity contribution in [2.24, 2.45) is 0 Å². The minimum Gasteiger partial charge on any atom is -0.464 e. The topological polar surface area (TPSA) is 59.2 Å². The monoisotopic (exact) mass is 217 g/mol. The van der Waals surface area contributed by atoms with Crippen LogP contribution in [0.15, 0.2) is 11.0 Å². The Morgan fingerprint density at radius 1 is 1.53 bits per heavy atom. The molecule has 1 N–H and O–H groups in total. The van der Waals surface area contributed by atoms with Crippen LogP contribution in [0.25, 0.3) is 0 Å². The molecule has 1 rings (SSSR count). The van der Waals surface area contributed by atoms with Crippen LogP contribution in [0.4, 0.5) is 8.78 Å². The quantitative estimate of drug-likeness (QED) is 0.762. The van der Waals surface area contributed by atoms with Crippen molar-refractivity contribution in [3.8, 4) is 0 Å². The second-order valence-corrected chi connectivity index (χ2v) is 2.88. The fraction of sp³-hybridized carbons (Fsp3) is 0.333. The van der Waals surface area contributed by atoms with Crippen LogP contribution in [-0.4, -0.2) is 18.1 Å². The molecule has 0 aliphatic carbocycles. The summed E-state index contributed by atoms with van der Waals surface area (Å²) in [7, 11) is 1.05.